The van der Waals surface area contributed by atoms with Crippen LogP contribution in [0.2, 0.25) is 0 Å². The minimum atomic E-state index is -2.55. The van der Waals surface area contributed by atoms with Gasteiger partial charge in [0.05, 0.1) is 0 Å². The molecule has 0 N–H and O–H groups in total. The molecule has 0 fully saturated rings. The van der Waals surface area contributed by atoms with E-state index >= 15 is 0 Å². The first kappa shape index (κ1) is 32.3. The first-order valence-corrected chi connectivity index (χ1v) is 13.4. The van der Waals surface area contributed by atoms with Crippen molar-refractivity contribution in [1.82, 2.24) is 0 Å². The Morgan fingerprint density at radius 3 is 1.33 bits per heavy atom. The zero-order chi connectivity index (χ0) is 22.3. The average Bonchev–Trinajstić information content (AvgIpc) is 3.11. The molecule has 5 aromatic carbocycles. The molecule has 182 valence electrons. The van der Waals surface area contributed by atoms with E-state index in [9.17, 15) is 0 Å². The second-order valence-electron chi connectivity index (χ2n) is 9.15. The molecule has 0 unspecified atom stereocenters. The van der Waals surface area contributed by atoms with Gasteiger partial charge in [0.2, 0.25) is 0 Å². The normalized spacial score (nSPS) is 10.4. The third kappa shape index (κ3) is 5.58. The van der Waals surface area contributed by atoms with Gasteiger partial charge >= 0.3 is 21.7 Å². The number of fused-ring (bicyclic) bond motifs is 1. The quantitative estimate of drug-likeness (QED) is 0.116. The molecule has 36 heavy (non-hydrogen) atoms. The van der Waals surface area contributed by atoms with Crippen molar-refractivity contribution in [3.8, 4) is 0 Å². The van der Waals surface area contributed by atoms with Crippen LogP contribution in [0.25, 0.3) is 10.8 Å². The van der Waals surface area contributed by atoms with Gasteiger partial charge in [0.1, 0.15) is 8.07 Å². The van der Waals surface area contributed by atoms with Gasteiger partial charge in [-0.3, -0.25) is 0 Å². The molecule has 0 aliphatic carbocycles. The summed E-state index contributed by atoms with van der Waals surface area (Å²) in [6, 6.07) is 39.0. The fourth-order valence-electron chi connectivity index (χ4n) is 5.43. The molecule has 5 heteroatoms. The molecule has 0 spiro atoms. The second kappa shape index (κ2) is 13.2. The Kier molecular flexibility index (Phi) is 11.8. The van der Waals surface area contributed by atoms with Crippen molar-refractivity contribution >= 4 is 39.6 Å². The minimum absolute atomic E-state index is 0. The average molecular weight is 584 g/mol. The maximum absolute atomic E-state index is 2.55. The zero-order valence-electron chi connectivity index (χ0n) is 20.9. The van der Waals surface area contributed by atoms with Gasteiger partial charge in [0.25, 0.3) is 0 Å². The maximum Gasteiger partial charge on any atom is 4.00 e. The Balaban J connectivity index is 0.00000162. The van der Waals surface area contributed by atoms with Gasteiger partial charge in [0.15, 0.2) is 0 Å². The Bertz CT molecular complexity index is 1330. The van der Waals surface area contributed by atoms with Crippen LogP contribution in [-0.4, -0.2) is 8.07 Å². The van der Waals surface area contributed by atoms with Gasteiger partial charge in [-0.05, 0) is 20.8 Å². The van der Waals surface area contributed by atoms with Crippen molar-refractivity contribution in [3.05, 3.63) is 125 Å². The molecular weight excluding hydrogens is 555 g/mol. The monoisotopic (exact) mass is 582 g/mol. The fraction of sp³-hybridized carbons (Fsp3) is 0.129. The molecule has 0 radical (unpaired) electrons. The summed E-state index contributed by atoms with van der Waals surface area (Å²) in [5, 5.41) is 8.61. The van der Waals surface area contributed by atoms with E-state index in [-0.39, 0.29) is 58.9 Å². The largest absolute Gasteiger partial charge is 4.00 e. The minimum Gasteiger partial charge on any atom is -1.00 e. The van der Waals surface area contributed by atoms with Crippen LogP contribution in [0.15, 0.2) is 103 Å². The summed E-state index contributed by atoms with van der Waals surface area (Å²) in [6.45, 7) is 8.94. The first-order chi connectivity index (χ1) is 15.5. The zero-order valence-corrected chi connectivity index (χ0v) is 25.8. The number of benzene rings is 4. The second-order valence-corrected chi connectivity index (χ2v) is 12.9. The van der Waals surface area contributed by atoms with Crippen LogP contribution in [0.4, 0.5) is 0 Å². The molecule has 0 saturated heterocycles. The Hall–Kier alpha value is -1.71. The first-order valence-electron chi connectivity index (χ1n) is 11.4. The molecule has 0 aliphatic rings. The molecule has 5 aromatic rings. The summed E-state index contributed by atoms with van der Waals surface area (Å²) in [5.74, 6) is 0. The fourth-order valence-corrected chi connectivity index (χ4v) is 11.0. The summed E-state index contributed by atoms with van der Waals surface area (Å²) in [7, 11) is -2.55. The van der Waals surface area contributed by atoms with Crippen LogP contribution in [-0.2, 0) is 21.7 Å². The predicted octanol–water partition coefficient (Wildman–Crippen LogP) is -3.82. The van der Waals surface area contributed by atoms with Gasteiger partial charge in [-0.15, -0.1) is 39.7 Å². The van der Waals surface area contributed by atoms with Crippen molar-refractivity contribution in [2.45, 2.75) is 27.7 Å². The molecule has 0 aromatic heterocycles. The summed E-state index contributed by atoms with van der Waals surface area (Å²) in [6.07, 6.45) is 0. The molecule has 0 heterocycles. The van der Waals surface area contributed by atoms with Crippen LogP contribution in [0.1, 0.15) is 22.3 Å². The van der Waals surface area contributed by atoms with Crippen molar-refractivity contribution in [2.75, 3.05) is 0 Å². The van der Waals surface area contributed by atoms with Gasteiger partial charge < -0.3 is 37.2 Å². The Labute approximate surface area is 250 Å². The Morgan fingerprint density at radius 2 is 0.917 bits per heavy atom. The van der Waals surface area contributed by atoms with Crippen LogP contribution in [0, 0.1) is 27.7 Å². The molecule has 0 amide bonds. The molecule has 0 aliphatic heterocycles. The summed E-state index contributed by atoms with van der Waals surface area (Å²) in [5.41, 5.74) is 5.33. The molecule has 0 bridgehead atoms. The molecule has 0 atom stereocenters. The molecule has 0 saturated carbocycles. The summed E-state index contributed by atoms with van der Waals surface area (Å²) < 4.78 is 0. The van der Waals surface area contributed by atoms with Gasteiger partial charge in [-0.25, -0.2) is 0 Å². The van der Waals surface area contributed by atoms with Crippen LogP contribution < -0.4 is 58.0 Å². The van der Waals surface area contributed by atoms with Crippen molar-refractivity contribution in [3.63, 3.8) is 0 Å². The van der Waals surface area contributed by atoms with Crippen molar-refractivity contribution in [1.29, 1.82) is 0 Å². The standard InChI is InChI=1S/C31H29Si.3ClH.Ti/c1-22-10-7-14-27(18-22)32(28-15-8-11-23(2)19-28,29-16-9-12-24(3)20-29)31-25(4)21-26-13-5-6-17-30(26)31;;;;/h5-21H,1-4H3;3*1H;/q-1;;;;+4/p-3. The number of aryl methyl sites for hydroxylation is 4. The number of rotatable bonds is 4. The molecule has 0 nitrogen and oxygen atoms in total. The van der Waals surface area contributed by atoms with Crippen LogP contribution in [0.3, 0.4) is 0 Å². The SMILES string of the molecule is Cc1cccc([Si](c2cccc(C)c2)(c2cccc(C)c2)[c-]2c(C)cc3ccccc32)c1.[Cl-].[Cl-].[Cl-].[Ti+4]. The van der Waals surface area contributed by atoms with Crippen LogP contribution >= 0.6 is 0 Å². The van der Waals surface area contributed by atoms with E-state index < -0.39 is 8.07 Å². The van der Waals surface area contributed by atoms with E-state index in [0.717, 1.165) is 0 Å². The molecule has 5 rings (SSSR count). The number of halogens is 3. The summed E-state index contributed by atoms with van der Waals surface area (Å²) in [4.78, 5) is 0. The van der Waals surface area contributed by atoms with E-state index in [0.29, 0.717) is 0 Å². The van der Waals surface area contributed by atoms with E-state index in [4.69, 9.17) is 0 Å². The van der Waals surface area contributed by atoms with Crippen molar-refractivity contribution < 1.29 is 58.9 Å². The molecular formula is C31H29Cl3SiTi. The maximum atomic E-state index is 2.43. The third-order valence-corrected chi connectivity index (χ3v) is 11.7. The smallest absolute Gasteiger partial charge is 1.00 e. The topological polar surface area (TPSA) is 0 Å². The summed E-state index contributed by atoms with van der Waals surface area (Å²) >= 11 is 0. The van der Waals surface area contributed by atoms with E-state index in [1.807, 2.05) is 0 Å². The van der Waals surface area contributed by atoms with Gasteiger partial charge in [-0.1, -0.05) is 118 Å². The van der Waals surface area contributed by atoms with E-state index in [2.05, 4.69) is 131 Å². The Morgan fingerprint density at radius 1 is 0.500 bits per heavy atom. The third-order valence-electron chi connectivity index (χ3n) is 6.72. The number of hydrogen-bond donors (Lipinski definition) is 0. The van der Waals surface area contributed by atoms with Gasteiger partial charge in [0, 0.05) is 0 Å². The van der Waals surface area contributed by atoms with E-state index in [1.165, 1.54) is 53.8 Å². The van der Waals surface area contributed by atoms with Crippen molar-refractivity contribution in [2.24, 2.45) is 0 Å². The van der Waals surface area contributed by atoms with Crippen LogP contribution in [0.5, 0.6) is 0 Å². The van der Waals surface area contributed by atoms with Gasteiger partial charge in [-0.2, -0.15) is 6.07 Å². The predicted molar refractivity (Wildman–Crippen MR) is 142 cm³/mol. The number of hydrogen-bond acceptors (Lipinski definition) is 0. The van der Waals surface area contributed by atoms with E-state index in [1.54, 1.807) is 0 Å².